The first-order valence-corrected chi connectivity index (χ1v) is 4.39. The van der Waals surface area contributed by atoms with E-state index in [4.69, 9.17) is 4.52 Å². The van der Waals surface area contributed by atoms with Crippen LogP contribution in [0.3, 0.4) is 0 Å². The zero-order chi connectivity index (χ0) is 10.8. The van der Waals surface area contributed by atoms with E-state index < -0.39 is 0 Å². The van der Waals surface area contributed by atoms with Gasteiger partial charge in [-0.3, -0.25) is 4.79 Å². The molecule has 0 unspecified atom stereocenters. The van der Waals surface area contributed by atoms with Gasteiger partial charge in [0.1, 0.15) is 11.5 Å². The Hall–Kier alpha value is -1.97. The Kier molecular flexibility index (Phi) is 2.33. The van der Waals surface area contributed by atoms with Crippen LogP contribution >= 0.6 is 0 Å². The van der Waals surface area contributed by atoms with Crippen LogP contribution in [0.2, 0.25) is 0 Å². The first kappa shape index (κ1) is 9.58. The molecule has 0 aliphatic rings. The summed E-state index contributed by atoms with van der Waals surface area (Å²) in [4.78, 5) is 10.4. The maximum atomic E-state index is 13.5. The Morgan fingerprint density at radius 2 is 2.20 bits per heavy atom. The van der Waals surface area contributed by atoms with E-state index in [9.17, 15) is 9.18 Å². The fourth-order valence-corrected chi connectivity index (χ4v) is 1.29. The van der Waals surface area contributed by atoms with Gasteiger partial charge in [-0.2, -0.15) is 0 Å². The van der Waals surface area contributed by atoms with Gasteiger partial charge < -0.3 is 4.52 Å². The minimum atomic E-state index is -0.386. The fourth-order valence-electron chi connectivity index (χ4n) is 1.29. The molecule has 1 aromatic heterocycles. The molecule has 76 valence electrons. The van der Waals surface area contributed by atoms with E-state index in [1.54, 1.807) is 19.1 Å². The van der Waals surface area contributed by atoms with Gasteiger partial charge in [0.2, 0.25) is 0 Å². The van der Waals surface area contributed by atoms with Gasteiger partial charge in [-0.15, -0.1) is 0 Å². The molecule has 0 aliphatic carbocycles. The average Bonchev–Trinajstić information content (AvgIpc) is 2.66. The van der Waals surface area contributed by atoms with Gasteiger partial charge in [-0.1, -0.05) is 11.2 Å². The SMILES string of the molecule is Cc1ccc(-c2cc(C=O)no2)c(F)c1. The smallest absolute Gasteiger partial charge is 0.171 e. The van der Waals surface area contributed by atoms with E-state index in [0.29, 0.717) is 11.8 Å². The molecule has 1 heterocycles. The van der Waals surface area contributed by atoms with Crippen LogP contribution in [-0.4, -0.2) is 11.4 Å². The van der Waals surface area contributed by atoms with Crippen molar-refractivity contribution < 1.29 is 13.7 Å². The van der Waals surface area contributed by atoms with Crippen LogP contribution in [0.1, 0.15) is 16.1 Å². The molecule has 0 spiro atoms. The van der Waals surface area contributed by atoms with Gasteiger partial charge in [0.15, 0.2) is 12.0 Å². The molecular formula is C11H8FNO2. The third-order valence-electron chi connectivity index (χ3n) is 2.04. The summed E-state index contributed by atoms with van der Waals surface area (Å²) in [6, 6.07) is 6.17. The highest BCUT2D eigenvalue weighted by Crippen LogP contribution is 2.23. The third-order valence-corrected chi connectivity index (χ3v) is 2.04. The van der Waals surface area contributed by atoms with Crippen molar-refractivity contribution in [3.05, 3.63) is 41.3 Å². The number of aldehydes is 1. The van der Waals surface area contributed by atoms with Crippen LogP contribution in [0.25, 0.3) is 11.3 Å². The molecule has 2 rings (SSSR count). The van der Waals surface area contributed by atoms with Crippen LogP contribution in [0, 0.1) is 12.7 Å². The lowest BCUT2D eigenvalue weighted by Crippen LogP contribution is -1.83. The molecule has 0 aliphatic heterocycles. The Labute approximate surface area is 85.5 Å². The summed E-state index contributed by atoms with van der Waals surface area (Å²) in [6.45, 7) is 1.80. The summed E-state index contributed by atoms with van der Waals surface area (Å²) in [5.41, 5.74) is 1.29. The molecule has 3 nitrogen and oxygen atoms in total. The van der Waals surface area contributed by atoms with Gasteiger partial charge in [-0.05, 0) is 24.6 Å². The Balaban J connectivity index is 2.49. The molecule has 15 heavy (non-hydrogen) atoms. The molecule has 0 fully saturated rings. The molecule has 2 aromatic rings. The van der Waals surface area contributed by atoms with Gasteiger partial charge in [0.25, 0.3) is 0 Å². The van der Waals surface area contributed by atoms with Crippen LogP contribution in [0.5, 0.6) is 0 Å². The number of carbonyl (C=O) groups excluding carboxylic acids is 1. The van der Waals surface area contributed by atoms with Crippen LogP contribution in [0.4, 0.5) is 4.39 Å². The van der Waals surface area contributed by atoms with Crippen LogP contribution < -0.4 is 0 Å². The average molecular weight is 205 g/mol. The zero-order valence-corrected chi connectivity index (χ0v) is 8.03. The van der Waals surface area contributed by atoms with Gasteiger partial charge >= 0.3 is 0 Å². The number of aromatic nitrogens is 1. The summed E-state index contributed by atoms with van der Waals surface area (Å²) < 4.78 is 18.3. The minimum Gasteiger partial charge on any atom is -0.355 e. The molecule has 0 N–H and O–H groups in total. The van der Waals surface area contributed by atoms with Gasteiger partial charge in [0, 0.05) is 6.07 Å². The summed E-state index contributed by atoms with van der Waals surface area (Å²) in [6.07, 6.45) is 0.555. The molecule has 0 saturated carbocycles. The molecule has 0 saturated heterocycles. The minimum absolute atomic E-state index is 0.157. The lowest BCUT2D eigenvalue weighted by molar-refractivity contribution is 0.111. The first-order valence-electron chi connectivity index (χ1n) is 4.39. The molecule has 0 radical (unpaired) electrons. The maximum absolute atomic E-state index is 13.5. The number of rotatable bonds is 2. The largest absolute Gasteiger partial charge is 0.355 e. The molecule has 0 bridgehead atoms. The van der Waals surface area contributed by atoms with Crippen LogP contribution in [-0.2, 0) is 0 Å². The van der Waals surface area contributed by atoms with E-state index in [2.05, 4.69) is 5.16 Å². The number of hydrogen-bond donors (Lipinski definition) is 0. The number of nitrogens with zero attached hydrogens (tertiary/aromatic N) is 1. The third kappa shape index (κ3) is 1.79. The lowest BCUT2D eigenvalue weighted by Gasteiger charge is -1.98. The second-order valence-corrected chi connectivity index (χ2v) is 3.22. The summed E-state index contributed by atoms with van der Waals surface area (Å²) in [5, 5.41) is 3.46. The molecule has 1 aromatic carbocycles. The molecular weight excluding hydrogens is 197 g/mol. The number of carbonyl (C=O) groups is 1. The monoisotopic (exact) mass is 205 g/mol. The van der Waals surface area contributed by atoms with Crippen molar-refractivity contribution in [2.45, 2.75) is 6.92 Å². The van der Waals surface area contributed by atoms with E-state index in [1.807, 2.05) is 0 Å². The lowest BCUT2D eigenvalue weighted by atomic mass is 10.1. The van der Waals surface area contributed by atoms with Crippen molar-refractivity contribution in [2.75, 3.05) is 0 Å². The standard InChI is InChI=1S/C11H8FNO2/c1-7-2-3-9(10(12)4-7)11-5-8(6-14)13-15-11/h2-6H,1H3. The Morgan fingerprint density at radius 3 is 2.80 bits per heavy atom. The van der Waals surface area contributed by atoms with Crippen LogP contribution in [0.15, 0.2) is 28.8 Å². The zero-order valence-electron chi connectivity index (χ0n) is 8.03. The molecule has 0 amide bonds. The predicted octanol–water partition coefficient (Wildman–Crippen LogP) is 2.60. The van der Waals surface area contributed by atoms with E-state index in [-0.39, 0.29) is 17.3 Å². The number of aryl methyl sites for hydroxylation is 1. The topological polar surface area (TPSA) is 43.1 Å². The number of halogens is 1. The predicted molar refractivity (Wildman–Crippen MR) is 52.0 cm³/mol. The highest BCUT2D eigenvalue weighted by molar-refractivity contribution is 5.74. The molecule has 4 heteroatoms. The second-order valence-electron chi connectivity index (χ2n) is 3.22. The first-order chi connectivity index (χ1) is 7.20. The van der Waals surface area contributed by atoms with Gasteiger partial charge in [-0.25, -0.2) is 4.39 Å². The highest BCUT2D eigenvalue weighted by atomic mass is 19.1. The quantitative estimate of drug-likeness (QED) is 0.708. The Bertz CT molecular complexity index is 505. The van der Waals surface area contributed by atoms with E-state index >= 15 is 0 Å². The maximum Gasteiger partial charge on any atom is 0.171 e. The number of benzene rings is 1. The second kappa shape index (κ2) is 3.65. The fraction of sp³-hybridized carbons (Fsp3) is 0.0909. The van der Waals surface area contributed by atoms with Crippen molar-refractivity contribution in [1.29, 1.82) is 0 Å². The number of hydrogen-bond acceptors (Lipinski definition) is 3. The van der Waals surface area contributed by atoms with E-state index in [0.717, 1.165) is 5.56 Å². The highest BCUT2D eigenvalue weighted by Gasteiger charge is 2.10. The van der Waals surface area contributed by atoms with E-state index in [1.165, 1.54) is 12.1 Å². The molecule has 0 atom stereocenters. The van der Waals surface area contributed by atoms with Crippen molar-refractivity contribution >= 4 is 6.29 Å². The van der Waals surface area contributed by atoms with Crippen molar-refractivity contribution in [3.8, 4) is 11.3 Å². The summed E-state index contributed by atoms with van der Waals surface area (Å²) in [5.74, 6) is -0.127. The summed E-state index contributed by atoms with van der Waals surface area (Å²) in [7, 11) is 0. The Morgan fingerprint density at radius 1 is 1.40 bits per heavy atom. The van der Waals surface area contributed by atoms with Crippen molar-refractivity contribution in [2.24, 2.45) is 0 Å². The van der Waals surface area contributed by atoms with Gasteiger partial charge in [0.05, 0.1) is 5.56 Å². The summed E-state index contributed by atoms with van der Waals surface area (Å²) >= 11 is 0. The normalized spacial score (nSPS) is 10.3. The van der Waals surface area contributed by atoms with Crippen molar-refractivity contribution in [1.82, 2.24) is 5.16 Å². The van der Waals surface area contributed by atoms with Crippen molar-refractivity contribution in [3.63, 3.8) is 0 Å².